The molecule has 186 valence electrons. The van der Waals surface area contributed by atoms with E-state index >= 15 is 0 Å². The maximum Gasteiger partial charge on any atom is 0.411 e. The number of ether oxygens (including phenoxy) is 5. The van der Waals surface area contributed by atoms with Crippen molar-refractivity contribution in [2.75, 3.05) is 7.11 Å². The summed E-state index contributed by atoms with van der Waals surface area (Å²) in [5.74, 6) is -2.77. The van der Waals surface area contributed by atoms with Gasteiger partial charge < -0.3 is 23.7 Å². The first-order valence-corrected chi connectivity index (χ1v) is 10.4. The van der Waals surface area contributed by atoms with Gasteiger partial charge in [-0.05, 0) is 20.8 Å². The smallest absolute Gasteiger partial charge is 0.411 e. The number of likely N-dealkylation sites (tertiary alicyclic amines) is 1. The van der Waals surface area contributed by atoms with Crippen molar-refractivity contribution in [2.45, 2.75) is 90.4 Å². The predicted octanol–water partition coefficient (Wildman–Crippen LogP) is 1.91. The fourth-order valence-electron chi connectivity index (χ4n) is 3.59. The number of piperidine rings is 1. The number of esters is 4. The minimum atomic E-state index is -1.23. The Morgan fingerprint density at radius 1 is 1.03 bits per heavy atom. The third-order valence-corrected chi connectivity index (χ3v) is 4.65. The third kappa shape index (κ3) is 8.39. The molecular weight excluding hydrogens is 438 g/mol. The highest BCUT2D eigenvalue weighted by Gasteiger charge is 2.53. The Labute approximate surface area is 193 Å². The fourth-order valence-corrected chi connectivity index (χ4v) is 3.59. The van der Waals surface area contributed by atoms with Crippen LogP contribution in [0.25, 0.3) is 0 Å². The van der Waals surface area contributed by atoms with Crippen LogP contribution in [0.15, 0.2) is 12.7 Å². The van der Waals surface area contributed by atoms with Crippen molar-refractivity contribution in [1.29, 1.82) is 0 Å². The quantitative estimate of drug-likeness (QED) is 0.308. The number of rotatable bonds is 7. The summed E-state index contributed by atoms with van der Waals surface area (Å²) in [6, 6.07) is -2.32. The summed E-state index contributed by atoms with van der Waals surface area (Å²) >= 11 is 0. The minimum absolute atomic E-state index is 0.120. The molecule has 11 nitrogen and oxygen atoms in total. The van der Waals surface area contributed by atoms with Crippen LogP contribution in [0, 0.1) is 0 Å². The number of methoxy groups -OCH3 is 1. The summed E-state index contributed by atoms with van der Waals surface area (Å²) in [7, 11) is 1.15. The van der Waals surface area contributed by atoms with E-state index in [1.54, 1.807) is 20.8 Å². The Hall–Kier alpha value is -3.11. The molecular formula is C22H33NO10. The molecule has 0 unspecified atom stereocenters. The minimum Gasteiger partial charge on any atom is -0.467 e. The lowest BCUT2D eigenvalue weighted by Crippen LogP contribution is -2.65. The second-order valence-electron chi connectivity index (χ2n) is 8.57. The summed E-state index contributed by atoms with van der Waals surface area (Å²) in [5, 5.41) is 0. The van der Waals surface area contributed by atoms with E-state index in [0.717, 1.165) is 18.9 Å². The van der Waals surface area contributed by atoms with Gasteiger partial charge in [-0.25, -0.2) is 9.59 Å². The molecule has 0 radical (unpaired) electrons. The van der Waals surface area contributed by atoms with E-state index < -0.39 is 66.0 Å². The van der Waals surface area contributed by atoms with E-state index in [4.69, 9.17) is 23.7 Å². The second-order valence-corrected chi connectivity index (χ2v) is 8.57. The topological polar surface area (TPSA) is 135 Å². The van der Waals surface area contributed by atoms with Gasteiger partial charge in [-0.15, -0.1) is 0 Å². The van der Waals surface area contributed by atoms with Crippen LogP contribution in [-0.4, -0.2) is 78.0 Å². The van der Waals surface area contributed by atoms with E-state index in [2.05, 4.69) is 6.58 Å². The fraction of sp³-hybridized carbons (Fsp3) is 0.682. The largest absolute Gasteiger partial charge is 0.467 e. The monoisotopic (exact) mass is 471 g/mol. The molecule has 0 N–H and O–H groups in total. The maximum atomic E-state index is 13.2. The predicted molar refractivity (Wildman–Crippen MR) is 114 cm³/mol. The average molecular weight is 472 g/mol. The number of hydrogen-bond donors (Lipinski definition) is 0. The molecule has 1 amide bonds. The van der Waals surface area contributed by atoms with Crippen molar-refractivity contribution >= 4 is 30.0 Å². The molecule has 33 heavy (non-hydrogen) atoms. The molecule has 0 spiro atoms. The van der Waals surface area contributed by atoms with Crippen molar-refractivity contribution in [1.82, 2.24) is 4.90 Å². The van der Waals surface area contributed by atoms with Crippen LogP contribution in [-0.2, 0) is 42.9 Å². The molecule has 0 aromatic heterocycles. The van der Waals surface area contributed by atoms with Gasteiger partial charge in [-0.3, -0.25) is 19.3 Å². The van der Waals surface area contributed by atoms with Crippen molar-refractivity contribution in [2.24, 2.45) is 0 Å². The van der Waals surface area contributed by atoms with E-state index in [0.29, 0.717) is 0 Å². The van der Waals surface area contributed by atoms with Crippen molar-refractivity contribution in [3.05, 3.63) is 12.7 Å². The molecule has 1 fully saturated rings. The summed E-state index contributed by atoms with van der Waals surface area (Å²) < 4.78 is 26.4. The third-order valence-electron chi connectivity index (χ3n) is 4.65. The van der Waals surface area contributed by atoms with Crippen LogP contribution in [0.5, 0.6) is 0 Å². The second kappa shape index (κ2) is 11.7. The molecule has 1 saturated heterocycles. The summed E-state index contributed by atoms with van der Waals surface area (Å²) in [4.78, 5) is 62.2. The zero-order valence-corrected chi connectivity index (χ0v) is 20.1. The number of nitrogens with zero attached hydrogens (tertiary/aromatic N) is 1. The van der Waals surface area contributed by atoms with E-state index in [-0.39, 0.29) is 12.8 Å². The standard InChI is InChI=1S/C22H33NO10/c1-9-15(30-12(2)24)10-16-19(32-14(4)26)18(31-13(3)25)11-17(20(27)29-8)23(16)21(28)33-22(5,6)7/h9,15-19H,1,10-11H2,2-8H3/t15-,16+,17+,18-,19+/m0/s1. The molecule has 0 aliphatic carbocycles. The Balaban J connectivity index is 3.62. The van der Waals surface area contributed by atoms with Crippen LogP contribution in [0.3, 0.4) is 0 Å². The first kappa shape index (κ1) is 27.9. The molecule has 0 aromatic rings. The van der Waals surface area contributed by atoms with Gasteiger partial charge in [-0.2, -0.15) is 0 Å². The van der Waals surface area contributed by atoms with Crippen LogP contribution in [0.4, 0.5) is 4.79 Å². The van der Waals surface area contributed by atoms with Crippen LogP contribution in [0.1, 0.15) is 54.4 Å². The van der Waals surface area contributed by atoms with Gasteiger partial charge in [0.25, 0.3) is 0 Å². The van der Waals surface area contributed by atoms with Gasteiger partial charge in [-0.1, -0.05) is 12.7 Å². The molecule has 11 heteroatoms. The van der Waals surface area contributed by atoms with Gasteiger partial charge in [0.05, 0.1) is 13.2 Å². The lowest BCUT2D eigenvalue weighted by atomic mass is 9.87. The SMILES string of the molecule is C=C[C@@H](C[C@@H]1[C@@H](OC(C)=O)[C@@H](OC(C)=O)C[C@H](C(=O)OC)N1C(=O)OC(C)(C)C)OC(C)=O. The average Bonchev–Trinajstić information content (AvgIpc) is 2.66. The molecule has 1 aliphatic heterocycles. The van der Waals surface area contributed by atoms with Crippen molar-refractivity contribution < 1.29 is 47.7 Å². The van der Waals surface area contributed by atoms with Gasteiger partial charge in [0, 0.05) is 33.6 Å². The number of carbonyl (C=O) groups is 5. The number of amides is 1. The number of hydrogen-bond acceptors (Lipinski definition) is 10. The Kier molecular flexibility index (Phi) is 9.87. The van der Waals surface area contributed by atoms with Crippen molar-refractivity contribution in [3.8, 4) is 0 Å². The van der Waals surface area contributed by atoms with Gasteiger partial charge >= 0.3 is 30.0 Å². The Morgan fingerprint density at radius 3 is 2.03 bits per heavy atom. The van der Waals surface area contributed by atoms with E-state index in [1.165, 1.54) is 19.9 Å². The molecule has 5 atom stereocenters. The van der Waals surface area contributed by atoms with Crippen LogP contribution >= 0.6 is 0 Å². The lowest BCUT2D eigenvalue weighted by Gasteiger charge is -2.47. The van der Waals surface area contributed by atoms with Gasteiger partial charge in [0.15, 0.2) is 6.10 Å². The summed E-state index contributed by atoms with van der Waals surface area (Å²) in [6.07, 6.45) is -3.04. The van der Waals surface area contributed by atoms with Gasteiger partial charge in [0.1, 0.15) is 23.9 Å². The highest BCUT2D eigenvalue weighted by Crippen LogP contribution is 2.33. The molecule has 0 bridgehead atoms. The Bertz CT molecular complexity index is 772. The highest BCUT2D eigenvalue weighted by atomic mass is 16.6. The van der Waals surface area contributed by atoms with E-state index in [9.17, 15) is 24.0 Å². The molecule has 0 aromatic carbocycles. The first-order chi connectivity index (χ1) is 15.2. The molecule has 1 heterocycles. The maximum absolute atomic E-state index is 13.2. The van der Waals surface area contributed by atoms with Crippen LogP contribution < -0.4 is 0 Å². The van der Waals surface area contributed by atoms with Crippen molar-refractivity contribution in [3.63, 3.8) is 0 Å². The molecule has 1 aliphatic rings. The highest BCUT2D eigenvalue weighted by molar-refractivity contribution is 5.82. The Morgan fingerprint density at radius 2 is 1.61 bits per heavy atom. The zero-order chi connectivity index (χ0) is 25.5. The number of carbonyl (C=O) groups excluding carboxylic acids is 5. The molecule has 1 rings (SSSR count). The lowest BCUT2D eigenvalue weighted by molar-refractivity contribution is -0.188. The zero-order valence-electron chi connectivity index (χ0n) is 20.1. The van der Waals surface area contributed by atoms with Crippen LogP contribution in [0.2, 0.25) is 0 Å². The van der Waals surface area contributed by atoms with Gasteiger partial charge in [0.2, 0.25) is 0 Å². The first-order valence-electron chi connectivity index (χ1n) is 10.4. The summed E-state index contributed by atoms with van der Waals surface area (Å²) in [6.45, 7) is 12.1. The van der Waals surface area contributed by atoms with E-state index in [1.807, 2.05) is 0 Å². The summed E-state index contributed by atoms with van der Waals surface area (Å²) in [5.41, 5.74) is -0.917. The molecule has 0 saturated carbocycles. The normalized spacial score (nSPS) is 23.5.